The van der Waals surface area contributed by atoms with E-state index in [0.717, 1.165) is 5.56 Å². The molecule has 0 heterocycles. The van der Waals surface area contributed by atoms with Crippen molar-refractivity contribution >= 4 is 17.7 Å². The van der Waals surface area contributed by atoms with Crippen LogP contribution in [0.25, 0.3) is 0 Å². The van der Waals surface area contributed by atoms with Crippen molar-refractivity contribution in [1.29, 1.82) is 0 Å². The van der Waals surface area contributed by atoms with Gasteiger partial charge in [-0.05, 0) is 37.0 Å². The first-order chi connectivity index (χ1) is 9.58. The molecular weight excluding hydrogens is 256 g/mol. The molecule has 0 spiro atoms. The molecule has 0 radical (unpaired) electrons. The van der Waals surface area contributed by atoms with E-state index in [1.54, 1.807) is 30.3 Å². The monoisotopic (exact) mass is 274 g/mol. The molecule has 1 aliphatic rings. The quantitative estimate of drug-likeness (QED) is 0.551. The van der Waals surface area contributed by atoms with Crippen LogP contribution in [0.5, 0.6) is 0 Å². The van der Waals surface area contributed by atoms with Crippen LogP contribution in [0.3, 0.4) is 0 Å². The average molecular weight is 274 g/mol. The molecule has 0 aliphatic heterocycles. The molecule has 1 aromatic carbocycles. The summed E-state index contributed by atoms with van der Waals surface area (Å²) in [6.07, 6.45) is 3.80. The Morgan fingerprint density at radius 3 is 2.45 bits per heavy atom. The summed E-state index contributed by atoms with van der Waals surface area (Å²) < 4.78 is 0. The second-order valence-electron chi connectivity index (χ2n) is 4.92. The second-order valence-corrected chi connectivity index (χ2v) is 4.92. The predicted molar refractivity (Wildman–Crippen MR) is 76.8 cm³/mol. The van der Waals surface area contributed by atoms with Crippen molar-refractivity contribution in [2.24, 2.45) is 0 Å². The van der Waals surface area contributed by atoms with Crippen LogP contribution in [0.2, 0.25) is 0 Å². The molecule has 0 unspecified atom stereocenters. The third kappa shape index (κ3) is 2.99. The van der Waals surface area contributed by atoms with E-state index < -0.39 is 11.4 Å². The van der Waals surface area contributed by atoms with E-state index in [1.165, 1.54) is 0 Å². The minimum atomic E-state index is -0.777. The van der Waals surface area contributed by atoms with Gasteiger partial charge < -0.3 is 15.7 Å². The summed E-state index contributed by atoms with van der Waals surface area (Å²) >= 11 is 0. The molecule has 2 rings (SSSR count). The molecule has 0 bridgehead atoms. The number of rotatable bonds is 6. The first kappa shape index (κ1) is 14.1. The van der Waals surface area contributed by atoms with Gasteiger partial charge in [0, 0.05) is 12.2 Å². The van der Waals surface area contributed by atoms with E-state index in [2.05, 4.69) is 17.2 Å². The molecule has 106 valence electrons. The SMILES string of the molecule is C=CCCNC(=O)Nc1ccc(C2(C(=O)O)CC2)cc1. The molecule has 3 N–H and O–H groups in total. The van der Waals surface area contributed by atoms with Crippen molar-refractivity contribution in [1.82, 2.24) is 5.32 Å². The van der Waals surface area contributed by atoms with Crippen LogP contribution in [0.1, 0.15) is 24.8 Å². The first-order valence-electron chi connectivity index (χ1n) is 6.58. The van der Waals surface area contributed by atoms with Gasteiger partial charge in [0.05, 0.1) is 5.41 Å². The summed E-state index contributed by atoms with van der Waals surface area (Å²) in [4.78, 5) is 22.7. The smallest absolute Gasteiger partial charge is 0.319 e. The minimum Gasteiger partial charge on any atom is -0.481 e. The lowest BCUT2D eigenvalue weighted by molar-refractivity contribution is -0.140. The normalized spacial score (nSPS) is 15.2. The number of anilines is 1. The Labute approximate surface area is 117 Å². The number of nitrogens with one attached hydrogen (secondary N) is 2. The summed E-state index contributed by atoms with van der Waals surface area (Å²) in [7, 11) is 0. The third-order valence-electron chi connectivity index (χ3n) is 3.49. The highest BCUT2D eigenvalue weighted by Crippen LogP contribution is 2.48. The maximum Gasteiger partial charge on any atom is 0.319 e. The molecule has 1 aliphatic carbocycles. The van der Waals surface area contributed by atoms with Crippen LogP contribution in [0.15, 0.2) is 36.9 Å². The predicted octanol–water partition coefficient (Wildman–Crippen LogP) is 2.50. The lowest BCUT2D eigenvalue weighted by atomic mass is 9.96. The van der Waals surface area contributed by atoms with Crippen molar-refractivity contribution in [3.8, 4) is 0 Å². The van der Waals surface area contributed by atoms with E-state index >= 15 is 0 Å². The van der Waals surface area contributed by atoms with Gasteiger partial charge in [0.15, 0.2) is 0 Å². The van der Waals surface area contributed by atoms with Crippen LogP contribution in [-0.4, -0.2) is 23.7 Å². The first-order valence-corrected chi connectivity index (χ1v) is 6.58. The summed E-state index contributed by atoms with van der Waals surface area (Å²) in [6, 6.07) is 6.71. The van der Waals surface area contributed by atoms with Crippen molar-refractivity contribution < 1.29 is 14.7 Å². The average Bonchev–Trinajstić information content (AvgIpc) is 3.21. The number of amides is 2. The van der Waals surface area contributed by atoms with Crippen LogP contribution < -0.4 is 10.6 Å². The molecule has 1 saturated carbocycles. The lowest BCUT2D eigenvalue weighted by Gasteiger charge is -2.11. The molecule has 1 fully saturated rings. The topological polar surface area (TPSA) is 78.4 Å². The van der Waals surface area contributed by atoms with Gasteiger partial charge in [0.1, 0.15) is 0 Å². The Bertz CT molecular complexity index is 518. The third-order valence-corrected chi connectivity index (χ3v) is 3.49. The Kier molecular flexibility index (Phi) is 4.08. The van der Waals surface area contributed by atoms with Crippen LogP contribution >= 0.6 is 0 Å². The number of hydrogen-bond acceptors (Lipinski definition) is 2. The van der Waals surface area contributed by atoms with Gasteiger partial charge in [-0.1, -0.05) is 18.2 Å². The fourth-order valence-corrected chi connectivity index (χ4v) is 2.09. The van der Waals surface area contributed by atoms with Crippen molar-refractivity contribution in [2.75, 3.05) is 11.9 Å². The minimum absolute atomic E-state index is 0.279. The fourth-order valence-electron chi connectivity index (χ4n) is 2.09. The maximum absolute atomic E-state index is 11.5. The van der Waals surface area contributed by atoms with E-state index in [-0.39, 0.29) is 6.03 Å². The zero-order chi connectivity index (χ0) is 14.6. The Morgan fingerprint density at radius 1 is 1.30 bits per heavy atom. The molecular formula is C15H18N2O3. The molecule has 20 heavy (non-hydrogen) atoms. The summed E-state index contributed by atoms with van der Waals surface area (Å²) in [5.41, 5.74) is 0.735. The Morgan fingerprint density at radius 2 is 1.95 bits per heavy atom. The van der Waals surface area contributed by atoms with E-state index in [4.69, 9.17) is 0 Å². The lowest BCUT2D eigenvalue weighted by Crippen LogP contribution is -2.29. The largest absolute Gasteiger partial charge is 0.481 e. The van der Waals surface area contributed by atoms with Gasteiger partial charge in [-0.3, -0.25) is 4.79 Å². The van der Waals surface area contributed by atoms with Gasteiger partial charge >= 0.3 is 12.0 Å². The number of carboxylic acid groups (broad SMARTS) is 1. The number of carbonyl (C=O) groups is 2. The van der Waals surface area contributed by atoms with Crippen molar-refractivity contribution in [3.05, 3.63) is 42.5 Å². The highest BCUT2D eigenvalue weighted by Gasteiger charge is 2.51. The molecule has 0 aromatic heterocycles. The molecule has 0 atom stereocenters. The van der Waals surface area contributed by atoms with Gasteiger partial charge in [0.2, 0.25) is 0 Å². The van der Waals surface area contributed by atoms with Gasteiger partial charge in [-0.25, -0.2) is 4.79 Å². The van der Waals surface area contributed by atoms with Gasteiger partial charge in [0.25, 0.3) is 0 Å². The standard InChI is InChI=1S/C15H18N2O3/c1-2-3-10-16-14(20)17-12-6-4-11(5-7-12)15(8-9-15)13(18)19/h2,4-7H,1,3,8-10H2,(H,18,19)(H2,16,17,20). The zero-order valence-corrected chi connectivity index (χ0v) is 11.2. The second kappa shape index (κ2) is 5.77. The highest BCUT2D eigenvalue weighted by molar-refractivity contribution is 5.89. The van der Waals surface area contributed by atoms with Gasteiger partial charge in [-0.15, -0.1) is 6.58 Å². The molecule has 1 aromatic rings. The number of benzene rings is 1. The summed E-state index contributed by atoms with van der Waals surface area (Å²) in [6.45, 7) is 4.11. The molecule has 2 amide bonds. The summed E-state index contributed by atoms with van der Waals surface area (Å²) in [5, 5.41) is 14.6. The van der Waals surface area contributed by atoms with Crippen molar-refractivity contribution in [3.63, 3.8) is 0 Å². The van der Waals surface area contributed by atoms with Crippen LogP contribution in [0, 0.1) is 0 Å². The van der Waals surface area contributed by atoms with E-state index in [1.807, 2.05) is 0 Å². The zero-order valence-electron chi connectivity index (χ0n) is 11.2. The number of urea groups is 1. The van der Waals surface area contributed by atoms with Crippen molar-refractivity contribution in [2.45, 2.75) is 24.7 Å². The molecule has 0 saturated heterocycles. The fraction of sp³-hybridized carbons (Fsp3) is 0.333. The Balaban J connectivity index is 1.94. The number of carbonyl (C=O) groups excluding carboxylic acids is 1. The number of aliphatic carboxylic acids is 1. The van der Waals surface area contributed by atoms with E-state index in [0.29, 0.717) is 31.5 Å². The molecule has 5 nitrogen and oxygen atoms in total. The maximum atomic E-state index is 11.5. The van der Waals surface area contributed by atoms with Crippen LogP contribution in [-0.2, 0) is 10.2 Å². The highest BCUT2D eigenvalue weighted by atomic mass is 16.4. The number of hydrogen-bond donors (Lipinski definition) is 3. The van der Waals surface area contributed by atoms with Crippen LogP contribution in [0.4, 0.5) is 10.5 Å². The summed E-state index contributed by atoms with van der Waals surface area (Å²) in [5.74, 6) is -0.777. The van der Waals surface area contributed by atoms with E-state index in [9.17, 15) is 14.7 Å². The molecule has 5 heteroatoms. The number of carboxylic acids is 1. The Hall–Kier alpha value is -2.30. The van der Waals surface area contributed by atoms with Gasteiger partial charge in [-0.2, -0.15) is 0 Å².